The van der Waals surface area contributed by atoms with E-state index < -0.39 is 0 Å². The van der Waals surface area contributed by atoms with Crippen molar-refractivity contribution in [3.8, 4) is 5.88 Å². The van der Waals surface area contributed by atoms with Crippen LogP contribution in [-0.4, -0.2) is 37.4 Å². The number of anilines is 1. The average Bonchev–Trinajstić information content (AvgIpc) is 2.52. The molecule has 2 aromatic rings. The molecule has 1 heterocycles. The zero-order chi connectivity index (χ0) is 15.9. The van der Waals surface area contributed by atoms with Crippen molar-refractivity contribution in [2.45, 2.75) is 0 Å². The summed E-state index contributed by atoms with van der Waals surface area (Å²) in [5.74, 6) is 0.558. The smallest absolute Gasteiger partial charge is 0.227 e. The van der Waals surface area contributed by atoms with Gasteiger partial charge in [0, 0.05) is 26.0 Å². The number of hydrogen-bond donors (Lipinski definition) is 1. The van der Waals surface area contributed by atoms with E-state index in [0.29, 0.717) is 5.88 Å². The number of pyridine rings is 1. The summed E-state index contributed by atoms with van der Waals surface area (Å²) in [7, 11) is 4.05. The third kappa shape index (κ3) is 4.71. The van der Waals surface area contributed by atoms with Gasteiger partial charge in [-0.05, 0) is 51.9 Å². The van der Waals surface area contributed by atoms with Crippen LogP contribution in [0, 0.1) is 3.57 Å². The van der Waals surface area contributed by atoms with E-state index in [1.807, 2.05) is 26.2 Å². The largest absolute Gasteiger partial charge is 0.474 e. The number of aromatic nitrogens is 1. The van der Waals surface area contributed by atoms with Crippen molar-refractivity contribution in [1.29, 1.82) is 0 Å². The van der Waals surface area contributed by atoms with Gasteiger partial charge in [0.2, 0.25) is 5.88 Å². The van der Waals surface area contributed by atoms with Gasteiger partial charge >= 0.3 is 0 Å². The molecular formula is C17H19IN2O2. The first-order valence-electron chi connectivity index (χ1n) is 6.95. The molecule has 0 radical (unpaired) electrons. The first kappa shape index (κ1) is 16.8. The first-order chi connectivity index (χ1) is 10.6. The second-order valence-electron chi connectivity index (χ2n) is 4.95. The molecule has 0 unspecified atom stereocenters. The number of benzene rings is 1. The Balaban J connectivity index is 2.07. The third-order valence-electron chi connectivity index (χ3n) is 3.04. The molecule has 0 saturated heterocycles. The van der Waals surface area contributed by atoms with Gasteiger partial charge in [0.15, 0.2) is 0 Å². The maximum absolute atomic E-state index is 8.77. The normalized spacial score (nSPS) is 10.9. The van der Waals surface area contributed by atoms with Crippen molar-refractivity contribution in [3.05, 3.63) is 51.2 Å². The molecule has 4 nitrogen and oxygen atoms in total. The van der Waals surface area contributed by atoms with Crippen molar-refractivity contribution in [2.24, 2.45) is 0 Å². The minimum atomic E-state index is -0.0115. The lowest BCUT2D eigenvalue weighted by atomic mass is 10.1. The van der Waals surface area contributed by atoms with Crippen LogP contribution >= 0.6 is 22.6 Å². The van der Waals surface area contributed by atoms with E-state index in [0.717, 1.165) is 14.7 Å². The second-order valence-corrected chi connectivity index (χ2v) is 6.11. The average molecular weight is 406 g/mol. The summed E-state index contributed by atoms with van der Waals surface area (Å²) in [4.78, 5) is 6.34. The number of hydrogen-bond acceptors (Lipinski definition) is 4. The molecule has 1 aromatic heterocycles. The summed E-state index contributed by atoms with van der Waals surface area (Å²) >= 11 is 2.18. The van der Waals surface area contributed by atoms with Crippen molar-refractivity contribution in [3.63, 3.8) is 0 Å². The number of aliphatic hydroxyl groups is 1. The summed E-state index contributed by atoms with van der Waals surface area (Å²) < 4.78 is 6.27. The van der Waals surface area contributed by atoms with E-state index in [1.165, 1.54) is 5.69 Å². The van der Waals surface area contributed by atoms with Crippen LogP contribution in [0.3, 0.4) is 0 Å². The van der Waals surface area contributed by atoms with Gasteiger partial charge in [-0.15, -0.1) is 0 Å². The van der Waals surface area contributed by atoms with Crippen LogP contribution < -0.4 is 9.64 Å². The molecule has 116 valence electrons. The van der Waals surface area contributed by atoms with Gasteiger partial charge in [-0.3, -0.25) is 0 Å². The van der Waals surface area contributed by atoms with Gasteiger partial charge in [-0.1, -0.05) is 24.3 Å². The third-order valence-corrected chi connectivity index (χ3v) is 3.81. The highest BCUT2D eigenvalue weighted by atomic mass is 123. The number of aliphatic hydroxyl groups excluding tert-OH is 1. The fraction of sp³-hybridized carbons (Fsp3) is 0.235. The lowest BCUT2D eigenvalue weighted by Crippen LogP contribution is -2.07. The summed E-state index contributed by atoms with van der Waals surface area (Å²) in [6, 6.07) is 10.4. The molecule has 2 rings (SSSR count). The number of ether oxygens (including phenoxy) is 1. The van der Waals surface area contributed by atoms with Gasteiger partial charge < -0.3 is 14.7 Å². The molecule has 0 bridgehead atoms. The van der Waals surface area contributed by atoms with Crippen LogP contribution in [0.5, 0.6) is 5.88 Å². The van der Waals surface area contributed by atoms with E-state index in [-0.39, 0.29) is 13.2 Å². The van der Waals surface area contributed by atoms with Crippen molar-refractivity contribution in [1.82, 2.24) is 4.98 Å². The molecule has 0 aliphatic rings. The minimum absolute atomic E-state index is 0.0115. The summed E-state index contributed by atoms with van der Waals surface area (Å²) in [6.45, 7) is 0.249. The van der Waals surface area contributed by atoms with Crippen LogP contribution in [0.15, 0.2) is 36.5 Å². The maximum Gasteiger partial charge on any atom is 0.227 e. The topological polar surface area (TPSA) is 45.6 Å². The Bertz CT molecular complexity index is 640. The highest BCUT2D eigenvalue weighted by Crippen LogP contribution is 2.20. The highest BCUT2D eigenvalue weighted by molar-refractivity contribution is 14.1. The van der Waals surface area contributed by atoms with Gasteiger partial charge in [0.1, 0.15) is 6.61 Å². The zero-order valence-electron chi connectivity index (χ0n) is 12.7. The Hall–Kier alpha value is -1.60. The van der Waals surface area contributed by atoms with Gasteiger partial charge in [0.05, 0.1) is 10.2 Å². The molecule has 0 spiro atoms. The van der Waals surface area contributed by atoms with Gasteiger partial charge in [-0.25, -0.2) is 4.98 Å². The Kier molecular flexibility index (Phi) is 6.21. The van der Waals surface area contributed by atoms with Crippen LogP contribution in [0.1, 0.15) is 11.1 Å². The Morgan fingerprint density at radius 3 is 2.45 bits per heavy atom. The molecule has 0 saturated carbocycles. The first-order valence-corrected chi connectivity index (χ1v) is 8.02. The predicted molar refractivity (Wildman–Crippen MR) is 99.2 cm³/mol. The second kappa shape index (κ2) is 8.14. The number of nitrogens with zero attached hydrogens (tertiary/aromatic N) is 2. The highest BCUT2D eigenvalue weighted by Gasteiger charge is 2.02. The van der Waals surface area contributed by atoms with E-state index in [4.69, 9.17) is 9.84 Å². The number of halogens is 1. The van der Waals surface area contributed by atoms with Gasteiger partial charge in [-0.2, -0.15) is 0 Å². The van der Waals surface area contributed by atoms with Crippen LogP contribution in [0.25, 0.3) is 12.2 Å². The van der Waals surface area contributed by atoms with E-state index in [2.05, 4.69) is 62.8 Å². The molecule has 5 heteroatoms. The summed E-state index contributed by atoms with van der Waals surface area (Å²) in [5.41, 5.74) is 3.33. The van der Waals surface area contributed by atoms with Gasteiger partial charge in [0.25, 0.3) is 0 Å². The van der Waals surface area contributed by atoms with Crippen LogP contribution in [-0.2, 0) is 0 Å². The van der Waals surface area contributed by atoms with Crippen molar-refractivity contribution >= 4 is 40.4 Å². The SMILES string of the molecule is CN(C)c1ccc(/C=C/c2cnc(OCCO)c([123I])c2)cc1. The molecule has 0 atom stereocenters. The zero-order valence-corrected chi connectivity index (χ0v) is 14.8. The molecule has 0 aliphatic heterocycles. The molecule has 1 aromatic carbocycles. The fourth-order valence-electron chi connectivity index (χ4n) is 1.86. The predicted octanol–water partition coefficient (Wildman–Crippen LogP) is 3.29. The van der Waals surface area contributed by atoms with E-state index >= 15 is 0 Å². The molecule has 1 N–H and O–H groups in total. The van der Waals surface area contributed by atoms with Crippen molar-refractivity contribution in [2.75, 3.05) is 32.2 Å². The standard InChI is InChI=1S/C17H19IN2O2/c1-20(2)15-7-5-13(6-8-15)3-4-14-11-16(18)17(19-12-14)22-10-9-21/h3-8,11-12,21H,9-10H2,1-2H3/b4-3+/i18-4. The summed E-state index contributed by atoms with van der Waals surface area (Å²) in [6.07, 6.45) is 5.84. The molecule has 22 heavy (non-hydrogen) atoms. The van der Waals surface area contributed by atoms with Crippen LogP contribution in [0.4, 0.5) is 5.69 Å². The van der Waals surface area contributed by atoms with Crippen LogP contribution in [0.2, 0.25) is 0 Å². The molecule has 0 fully saturated rings. The molecule has 0 aliphatic carbocycles. The van der Waals surface area contributed by atoms with E-state index in [9.17, 15) is 0 Å². The maximum atomic E-state index is 8.77. The lowest BCUT2D eigenvalue weighted by molar-refractivity contribution is 0.196. The fourth-order valence-corrected chi connectivity index (χ4v) is 2.51. The quantitative estimate of drug-likeness (QED) is 0.748. The molecular weight excluding hydrogens is 387 g/mol. The number of rotatable bonds is 6. The molecule has 0 amide bonds. The van der Waals surface area contributed by atoms with Crippen molar-refractivity contribution < 1.29 is 9.84 Å². The summed E-state index contributed by atoms with van der Waals surface area (Å²) in [5, 5.41) is 8.77. The minimum Gasteiger partial charge on any atom is -0.474 e. The van der Waals surface area contributed by atoms with E-state index in [1.54, 1.807) is 6.20 Å². The Morgan fingerprint density at radius 2 is 1.86 bits per heavy atom. The monoisotopic (exact) mass is 406 g/mol. The lowest BCUT2D eigenvalue weighted by Gasteiger charge is -2.11. The Morgan fingerprint density at radius 1 is 1.18 bits per heavy atom. The Labute approximate surface area is 144 Å².